The van der Waals surface area contributed by atoms with Gasteiger partial charge in [-0.15, -0.1) is 11.3 Å². The molecular weight excluding hydrogens is 445 g/mol. The summed E-state index contributed by atoms with van der Waals surface area (Å²) in [4.78, 5) is 33.2. The maximum atomic E-state index is 13.3. The molecule has 4 rings (SSSR count). The lowest BCUT2D eigenvalue weighted by Crippen LogP contribution is -2.37. The van der Waals surface area contributed by atoms with Crippen molar-refractivity contribution in [2.45, 2.75) is 26.6 Å². The topological polar surface area (TPSA) is 76.5 Å². The van der Waals surface area contributed by atoms with Gasteiger partial charge in [-0.3, -0.25) is 14.2 Å². The molecule has 0 saturated carbocycles. The first-order valence-corrected chi connectivity index (χ1v) is 10.8. The maximum Gasteiger partial charge on any atom is 0.416 e. The Morgan fingerprint density at radius 2 is 1.97 bits per heavy atom. The molecule has 0 bridgehead atoms. The van der Waals surface area contributed by atoms with E-state index < -0.39 is 17.6 Å². The fraction of sp³-hybridized carbons (Fsp3) is 0.381. The molecule has 1 fully saturated rings. The van der Waals surface area contributed by atoms with Crippen molar-refractivity contribution in [2.24, 2.45) is 0 Å². The molecule has 1 aromatic carbocycles. The largest absolute Gasteiger partial charge is 0.416 e. The number of nitrogens with one attached hydrogen (secondary N) is 1. The highest BCUT2D eigenvalue weighted by atomic mass is 32.1. The molecule has 7 nitrogen and oxygen atoms in total. The number of fused-ring (bicyclic) bond motifs is 1. The second-order valence-corrected chi connectivity index (χ2v) is 8.72. The fourth-order valence-corrected chi connectivity index (χ4v) is 4.61. The van der Waals surface area contributed by atoms with Crippen LogP contribution in [0.3, 0.4) is 0 Å². The molecule has 2 aromatic heterocycles. The number of carbonyl (C=O) groups is 1. The van der Waals surface area contributed by atoms with Crippen molar-refractivity contribution >= 4 is 38.8 Å². The Balaban J connectivity index is 1.63. The van der Waals surface area contributed by atoms with E-state index in [1.807, 2.05) is 18.7 Å². The number of ether oxygens (including phenoxy) is 1. The molecule has 3 aromatic rings. The summed E-state index contributed by atoms with van der Waals surface area (Å²) in [5.41, 5.74) is 0.0971. The van der Waals surface area contributed by atoms with Crippen LogP contribution < -0.4 is 15.8 Å². The molecule has 11 heteroatoms. The van der Waals surface area contributed by atoms with Gasteiger partial charge in [-0.2, -0.15) is 13.2 Å². The normalized spacial score (nSPS) is 14.7. The number of hydrogen-bond acceptors (Lipinski definition) is 6. The van der Waals surface area contributed by atoms with E-state index in [1.54, 1.807) is 0 Å². The predicted octanol–water partition coefficient (Wildman–Crippen LogP) is 3.57. The predicted molar refractivity (Wildman–Crippen MR) is 116 cm³/mol. The average Bonchev–Trinajstić information content (AvgIpc) is 3.04. The van der Waals surface area contributed by atoms with Crippen molar-refractivity contribution in [2.75, 3.05) is 36.5 Å². The molecule has 0 spiro atoms. The highest BCUT2D eigenvalue weighted by Crippen LogP contribution is 2.36. The number of carbonyl (C=O) groups excluding carboxylic acids is 1. The summed E-state index contributed by atoms with van der Waals surface area (Å²) in [6, 6.07) is 3.25. The third kappa shape index (κ3) is 4.35. The molecule has 170 valence electrons. The van der Waals surface area contributed by atoms with Crippen LogP contribution in [0.4, 0.5) is 24.5 Å². The van der Waals surface area contributed by atoms with Crippen molar-refractivity contribution in [3.8, 4) is 0 Å². The van der Waals surface area contributed by atoms with Gasteiger partial charge in [0.1, 0.15) is 11.4 Å². The van der Waals surface area contributed by atoms with Gasteiger partial charge in [0, 0.05) is 18.0 Å². The molecule has 3 heterocycles. The summed E-state index contributed by atoms with van der Waals surface area (Å²) in [7, 11) is 0. The van der Waals surface area contributed by atoms with E-state index in [2.05, 4.69) is 10.3 Å². The van der Waals surface area contributed by atoms with E-state index in [0.717, 1.165) is 22.6 Å². The Bertz CT molecular complexity index is 1230. The van der Waals surface area contributed by atoms with Crippen LogP contribution in [0.2, 0.25) is 0 Å². The molecule has 1 N–H and O–H groups in total. The summed E-state index contributed by atoms with van der Waals surface area (Å²) in [6.07, 6.45) is -3.27. The number of amides is 1. The SMILES string of the molecule is Cc1sc2ncn(CC(=O)Nc3cc(C(F)(F)F)ccc3N3CCOCC3)c(=O)c2c1C. The highest BCUT2D eigenvalue weighted by molar-refractivity contribution is 7.18. The Kier molecular flexibility index (Phi) is 5.95. The van der Waals surface area contributed by atoms with E-state index in [-0.39, 0.29) is 17.8 Å². The van der Waals surface area contributed by atoms with E-state index >= 15 is 0 Å². The van der Waals surface area contributed by atoms with Gasteiger partial charge in [-0.25, -0.2) is 4.98 Å². The van der Waals surface area contributed by atoms with Crippen LogP contribution >= 0.6 is 11.3 Å². The zero-order valence-electron chi connectivity index (χ0n) is 17.5. The maximum absolute atomic E-state index is 13.3. The van der Waals surface area contributed by atoms with Gasteiger partial charge < -0.3 is 15.0 Å². The summed E-state index contributed by atoms with van der Waals surface area (Å²) in [5, 5.41) is 3.01. The number of rotatable bonds is 4. The molecule has 0 radical (unpaired) electrons. The van der Waals surface area contributed by atoms with Gasteiger partial charge in [0.2, 0.25) is 5.91 Å². The van der Waals surface area contributed by atoms with Gasteiger partial charge in [0.15, 0.2) is 0 Å². The fourth-order valence-electron chi connectivity index (χ4n) is 3.62. The first-order chi connectivity index (χ1) is 15.1. The number of anilines is 2. The van der Waals surface area contributed by atoms with E-state index in [0.29, 0.717) is 42.2 Å². The monoisotopic (exact) mass is 466 g/mol. The number of thiophene rings is 1. The van der Waals surface area contributed by atoms with Gasteiger partial charge in [0.05, 0.1) is 41.9 Å². The van der Waals surface area contributed by atoms with E-state index in [4.69, 9.17) is 4.74 Å². The summed E-state index contributed by atoms with van der Waals surface area (Å²) >= 11 is 1.40. The molecular formula is C21H21F3N4O3S. The Morgan fingerprint density at radius 3 is 2.66 bits per heavy atom. The Morgan fingerprint density at radius 1 is 1.25 bits per heavy atom. The van der Waals surface area contributed by atoms with Crippen LogP contribution in [0.5, 0.6) is 0 Å². The van der Waals surface area contributed by atoms with Crippen LogP contribution in [-0.2, 0) is 22.3 Å². The molecule has 32 heavy (non-hydrogen) atoms. The van der Waals surface area contributed by atoms with Crippen LogP contribution in [0.1, 0.15) is 16.0 Å². The minimum Gasteiger partial charge on any atom is -0.378 e. The molecule has 0 atom stereocenters. The molecule has 0 aliphatic carbocycles. The van der Waals surface area contributed by atoms with Crippen molar-refractivity contribution in [1.29, 1.82) is 0 Å². The number of nitrogens with zero attached hydrogens (tertiary/aromatic N) is 3. The number of hydrogen-bond donors (Lipinski definition) is 1. The number of alkyl halides is 3. The quantitative estimate of drug-likeness (QED) is 0.636. The van der Waals surface area contributed by atoms with Gasteiger partial charge >= 0.3 is 6.18 Å². The van der Waals surface area contributed by atoms with Crippen molar-refractivity contribution < 1.29 is 22.7 Å². The summed E-state index contributed by atoms with van der Waals surface area (Å²) in [6.45, 7) is 5.20. The molecule has 1 aliphatic rings. The number of aryl methyl sites for hydroxylation is 2. The van der Waals surface area contributed by atoms with Crippen LogP contribution in [0.25, 0.3) is 10.2 Å². The lowest BCUT2D eigenvalue weighted by atomic mass is 10.1. The standard InChI is InChI=1S/C21H21F3N4O3S/c1-12-13(2)32-19-18(12)20(30)28(11-25-19)10-17(29)26-15-9-14(21(22,23)24)3-4-16(15)27-5-7-31-8-6-27/h3-4,9,11H,5-8,10H2,1-2H3,(H,26,29). The summed E-state index contributed by atoms with van der Waals surface area (Å²) in [5.74, 6) is -0.619. The zero-order chi connectivity index (χ0) is 23.0. The lowest BCUT2D eigenvalue weighted by molar-refractivity contribution is -0.137. The minimum atomic E-state index is -4.55. The van der Waals surface area contributed by atoms with Crippen molar-refractivity contribution in [3.05, 3.63) is 50.9 Å². The number of halogens is 3. The minimum absolute atomic E-state index is 0.0383. The smallest absolute Gasteiger partial charge is 0.378 e. The number of benzene rings is 1. The van der Waals surface area contributed by atoms with Crippen LogP contribution in [-0.4, -0.2) is 41.8 Å². The lowest BCUT2D eigenvalue weighted by Gasteiger charge is -2.31. The number of aromatic nitrogens is 2. The Labute approximate surface area is 185 Å². The highest BCUT2D eigenvalue weighted by Gasteiger charge is 2.32. The van der Waals surface area contributed by atoms with Crippen molar-refractivity contribution in [3.63, 3.8) is 0 Å². The van der Waals surface area contributed by atoms with Crippen molar-refractivity contribution in [1.82, 2.24) is 9.55 Å². The second kappa shape index (κ2) is 8.55. The van der Waals surface area contributed by atoms with Gasteiger partial charge in [-0.1, -0.05) is 0 Å². The Hall–Kier alpha value is -2.92. The van der Waals surface area contributed by atoms with Gasteiger partial charge in [0.25, 0.3) is 5.56 Å². The van der Waals surface area contributed by atoms with Gasteiger partial charge in [-0.05, 0) is 37.6 Å². The zero-order valence-corrected chi connectivity index (χ0v) is 18.3. The summed E-state index contributed by atoms with van der Waals surface area (Å²) < 4.78 is 46.3. The van der Waals surface area contributed by atoms with E-state index in [9.17, 15) is 22.8 Å². The van der Waals surface area contributed by atoms with Crippen LogP contribution in [0, 0.1) is 13.8 Å². The molecule has 1 saturated heterocycles. The van der Waals surface area contributed by atoms with Crippen LogP contribution in [0.15, 0.2) is 29.3 Å². The first-order valence-electron chi connectivity index (χ1n) is 9.94. The number of morpholine rings is 1. The third-order valence-electron chi connectivity index (χ3n) is 5.42. The average molecular weight is 466 g/mol. The second-order valence-electron chi connectivity index (χ2n) is 7.52. The molecule has 0 unspecified atom stereocenters. The first kappa shape index (κ1) is 22.3. The van der Waals surface area contributed by atoms with E-state index in [1.165, 1.54) is 28.3 Å². The third-order valence-corrected chi connectivity index (χ3v) is 6.53. The molecule has 1 aliphatic heterocycles. The molecule has 1 amide bonds.